The van der Waals surface area contributed by atoms with Crippen LogP contribution in [0.1, 0.15) is 0 Å². The fourth-order valence-electron chi connectivity index (χ4n) is 1.66. The van der Waals surface area contributed by atoms with Crippen LogP contribution in [0.5, 0.6) is 5.75 Å². The predicted octanol–water partition coefficient (Wildman–Crippen LogP) is 0.592. The quantitative estimate of drug-likeness (QED) is 0.517. The van der Waals surface area contributed by atoms with E-state index in [2.05, 4.69) is 25.9 Å². The molecule has 1 aromatic carbocycles. The Hall–Kier alpha value is -2.90. The lowest BCUT2D eigenvalue weighted by Crippen LogP contribution is -2.13. The molecule has 0 fully saturated rings. The van der Waals surface area contributed by atoms with E-state index in [0.29, 0.717) is 24.6 Å². The fraction of sp³-hybridized carbons (Fsp3) is 0.167. The van der Waals surface area contributed by atoms with Crippen LogP contribution in [0, 0.1) is 0 Å². The third kappa shape index (κ3) is 2.74. The normalized spacial score (nSPS) is 10.6. The van der Waals surface area contributed by atoms with Crippen LogP contribution in [0.25, 0.3) is 5.65 Å². The molecule has 0 radical (unpaired) electrons. The van der Waals surface area contributed by atoms with Crippen LogP contribution in [0.4, 0.5) is 11.5 Å². The van der Waals surface area contributed by atoms with Gasteiger partial charge in [-0.1, -0.05) is 0 Å². The highest BCUT2D eigenvalue weighted by atomic mass is 16.5. The second-order valence-corrected chi connectivity index (χ2v) is 4.09. The molecule has 8 nitrogen and oxygen atoms in total. The number of tetrazole rings is 1. The molecule has 8 heteroatoms. The summed E-state index contributed by atoms with van der Waals surface area (Å²) >= 11 is 0. The minimum absolute atomic E-state index is 0.513. The Bertz CT molecular complexity index is 694. The maximum atomic E-state index is 5.60. The molecule has 0 aliphatic rings. The number of anilines is 2. The Kier molecular flexibility index (Phi) is 3.27. The number of nitrogens with two attached hydrogens (primary N) is 1. The lowest BCUT2D eigenvalue weighted by Gasteiger charge is -2.08. The molecule has 0 aliphatic carbocycles. The first kappa shape index (κ1) is 12.2. The summed E-state index contributed by atoms with van der Waals surface area (Å²) in [5.41, 5.74) is 6.92. The van der Waals surface area contributed by atoms with Crippen LogP contribution in [0.2, 0.25) is 0 Å². The molecule has 0 bridgehead atoms. The van der Waals surface area contributed by atoms with Crippen LogP contribution in [0.15, 0.2) is 36.4 Å². The van der Waals surface area contributed by atoms with Gasteiger partial charge in [-0.25, -0.2) is 0 Å². The van der Waals surface area contributed by atoms with E-state index in [4.69, 9.17) is 10.5 Å². The largest absolute Gasteiger partial charge is 0.492 e. The summed E-state index contributed by atoms with van der Waals surface area (Å²) < 4.78 is 6.93. The molecule has 0 saturated carbocycles. The van der Waals surface area contributed by atoms with E-state index < -0.39 is 0 Å². The molecule has 20 heavy (non-hydrogen) atoms. The molecule has 2 heterocycles. The summed E-state index contributed by atoms with van der Waals surface area (Å²) in [5, 5.41) is 18.3. The van der Waals surface area contributed by atoms with Gasteiger partial charge < -0.3 is 15.8 Å². The Morgan fingerprint density at radius 2 is 2.00 bits per heavy atom. The minimum atomic E-state index is 0.513. The number of rotatable bonds is 5. The first-order chi connectivity index (χ1) is 9.81. The molecule has 0 aliphatic heterocycles. The van der Waals surface area contributed by atoms with Gasteiger partial charge in [0.15, 0.2) is 5.65 Å². The van der Waals surface area contributed by atoms with Crippen molar-refractivity contribution in [2.24, 2.45) is 0 Å². The van der Waals surface area contributed by atoms with Crippen LogP contribution in [-0.2, 0) is 0 Å². The average Bonchev–Trinajstić information content (AvgIpc) is 2.93. The Balaban J connectivity index is 1.50. The van der Waals surface area contributed by atoms with Crippen molar-refractivity contribution in [2.45, 2.75) is 0 Å². The summed E-state index contributed by atoms with van der Waals surface area (Å²) in [6, 6.07) is 10.9. The fourth-order valence-corrected chi connectivity index (χ4v) is 1.66. The molecule has 0 unspecified atom stereocenters. The molecule has 3 N–H and O–H groups in total. The van der Waals surface area contributed by atoms with Gasteiger partial charge in [-0.3, -0.25) is 0 Å². The van der Waals surface area contributed by atoms with E-state index in [1.54, 1.807) is 18.2 Å². The van der Waals surface area contributed by atoms with Gasteiger partial charge in [-0.05, 0) is 46.8 Å². The number of fused-ring (bicyclic) bond motifs is 1. The average molecular weight is 271 g/mol. The highest BCUT2D eigenvalue weighted by molar-refractivity contribution is 5.42. The van der Waals surface area contributed by atoms with Gasteiger partial charge >= 0.3 is 0 Å². The lowest BCUT2D eigenvalue weighted by molar-refractivity contribution is 0.332. The van der Waals surface area contributed by atoms with Gasteiger partial charge in [-0.2, -0.15) is 0 Å². The maximum absolute atomic E-state index is 5.60. The molecule has 102 valence electrons. The molecule has 0 atom stereocenters. The number of benzene rings is 1. The number of aromatic nitrogens is 5. The number of nitrogen functional groups attached to an aromatic ring is 1. The highest BCUT2D eigenvalue weighted by Gasteiger charge is 2.00. The van der Waals surface area contributed by atoms with Crippen LogP contribution < -0.4 is 15.8 Å². The first-order valence-electron chi connectivity index (χ1n) is 6.09. The number of hydrogen-bond acceptors (Lipinski definition) is 7. The topological polar surface area (TPSA) is 103 Å². The SMILES string of the molecule is Nc1ccc(OCCNc2ccc3nnnn3n2)cc1. The molecular weight excluding hydrogens is 258 g/mol. The summed E-state index contributed by atoms with van der Waals surface area (Å²) in [6.07, 6.45) is 0. The van der Waals surface area contributed by atoms with E-state index in [1.165, 1.54) is 4.63 Å². The number of nitrogens with zero attached hydrogens (tertiary/aromatic N) is 5. The number of ether oxygens (including phenoxy) is 1. The van der Waals surface area contributed by atoms with Crippen molar-refractivity contribution < 1.29 is 4.74 Å². The highest BCUT2D eigenvalue weighted by Crippen LogP contribution is 2.12. The monoisotopic (exact) mass is 271 g/mol. The van der Waals surface area contributed by atoms with Crippen LogP contribution in [-0.4, -0.2) is 38.4 Å². The van der Waals surface area contributed by atoms with E-state index in [-0.39, 0.29) is 0 Å². The van der Waals surface area contributed by atoms with E-state index in [0.717, 1.165) is 11.4 Å². The van der Waals surface area contributed by atoms with E-state index in [1.807, 2.05) is 18.2 Å². The number of nitrogens with one attached hydrogen (secondary N) is 1. The maximum Gasteiger partial charge on any atom is 0.200 e. The van der Waals surface area contributed by atoms with Crippen LogP contribution in [0.3, 0.4) is 0 Å². The summed E-state index contributed by atoms with van der Waals surface area (Å²) in [7, 11) is 0. The molecule has 3 rings (SSSR count). The molecular formula is C12H13N7O. The first-order valence-corrected chi connectivity index (χ1v) is 6.09. The second-order valence-electron chi connectivity index (χ2n) is 4.09. The van der Waals surface area contributed by atoms with Crippen molar-refractivity contribution in [1.29, 1.82) is 0 Å². The third-order valence-electron chi connectivity index (χ3n) is 2.63. The zero-order valence-corrected chi connectivity index (χ0v) is 10.6. The minimum Gasteiger partial charge on any atom is -0.492 e. The summed E-state index contributed by atoms with van der Waals surface area (Å²) in [5.74, 6) is 1.47. The molecule has 3 aromatic rings. The van der Waals surface area contributed by atoms with Gasteiger partial charge in [0.2, 0.25) is 0 Å². The Morgan fingerprint density at radius 1 is 1.15 bits per heavy atom. The standard InChI is InChI=1S/C12H13N7O/c13-9-1-3-10(4-2-9)20-8-7-14-11-5-6-12-15-17-18-19(12)16-11/h1-6H,7-8,13H2,(H,14,16). The van der Waals surface area contributed by atoms with Crippen molar-refractivity contribution in [3.8, 4) is 5.75 Å². The second kappa shape index (κ2) is 5.39. The van der Waals surface area contributed by atoms with Gasteiger partial charge in [-0.15, -0.1) is 14.8 Å². The van der Waals surface area contributed by atoms with Gasteiger partial charge in [0.25, 0.3) is 0 Å². The van der Waals surface area contributed by atoms with E-state index in [9.17, 15) is 0 Å². The molecule has 2 aromatic heterocycles. The molecule has 0 saturated heterocycles. The summed E-state index contributed by atoms with van der Waals surface area (Å²) in [4.78, 5) is 0. The zero-order chi connectivity index (χ0) is 13.8. The van der Waals surface area contributed by atoms with E-state index >= 15 is 0 Å². The van der Waals surface area contributed by atoms with Gasteiger partial charge in [0.1, 0.15) is 18.2 Å². The van der Waals surface area contributed by atoms with Crippen molar-refractivity contribution in [1.82, 2.24) is 25.3 Å². The van der Waals surface area contributed by atoms with Crippen LogP contribution >= 0.6 is 0 Å². The van der Waals surface area contributed by atoms with Crippen molar-refractivity contribution in [3.05, 3.63) is 36.4 Å². The van der Waals surface area contributed by atoms with Crippen molar-refractivity contribution in [2.75, 3.05) is 24.2 Å². The lowest BCUT2D eigenvalue weighted by atomic mass is 10.3. The third-order valence-corrected chi connectivity index (χ3v) is 2.63. The zero-order valence-electron chi connectivity index (χ0n) is 10.6. The van der Waals surface area contributed by atoms with Crippen molar-refractivity contribution in [3.63, 3.8) is 0 Å². The Labute approximate surface area is 114 Å². The molecule has 0 amide bonds. The van der Waals surface area contributed by atoms with Gasteiger partial charge in [0.05, 0.1) is 6.54 Å². The predicted molar refractivity (Wildman–Crippen MR) is 73.4 cm³/mol. The van der Waals surface area contributed by atoms with Crippen molar-refractivity contribution >= 4 is 17.2 Å². The Morgan fingerprint density at radius 3 is 2.85 bits per heavy atom. The van der Waals surface area contributed by atoms with Gasteiger partial charge in [0, 0.05) is 5.69 Å². The smallest absolute Gasteiger partial charge is 0.200 e. The summed E-state index contributed by atoms with van der Waals surface area (Å²) in [6.45, 7) is 1.13. The molecule has 0 spiro atoms. The number of hydrogen-bond donors (Lipinski definition) is 2.